The maximum atomic E-state index is 10.8. The molecule has 2 N–H and O–H groups in total. The normalized spacial score (nSPS) is 12.2. The highest BCUT2D eigenvalue weighted by Gasteiger charge is 2.25. The second kappa shape index (κ2) is 6.39. The van der Waals surface area contributed by atoms with Crippen molar-refractivity contribution in [3.8, 4) is 5.75 Å². The molecule has 1 aromatic carbocycles. The zero-order valence-corrected chi connectivity index (χ0v) is 15.6. The first kappa shape index (κ1) is 18.2. The van der Waals surface area contributed by atoms with E-state index >= 15 is 0 Å². The lowest BCUT2D eigenvalue weighted by Crippen LogP contribution is -2.18. The van der Waals surface area contributed by atoms with Gasteiger partial charge in [0.05, 0.1) is 11.4 Å². The Kier molecular flexibility index (Phi) is 4.84. The van der Waals surface area contributed by atoms with Crippen LogP contribution in [0.1, 0.15) is 63.9 Å². The molecule has 0 radical (unpaired) electrons. The van der Waals surface area contributed by atoms with Crippen molar-refractivity contribution in [2.24, 2.45) is 0 Å². The van der Waals surface area contributed by atoms with Gasteiger partial charge >= 0.3 is 0 Å². The zero-order chi connectivity index (χ0) is 18.1. The second-order valence-electron chi connectivity index (χ2n) is 8.40. The molecule has 0 saturated heterocycles. The Morgan fingerprint density at radius 2 is 1.71 bits per heavy atom. The zero-order valence-electron chi connectivity index (χ0n) is 15.6. The summed E-state index contributed by atoms with van der Waals surface area (Å²) in [5.74, 6) is 0.302. The molecule has 1 aromatic heterocycles. The third-order valence-electron chi connectivity index (χ3n) is 4.20. The average Bonchev–Trinajstić information content (AvgIpc) is 2.47. The number of phenolic OH excluding ortho intramolecular Hbond substituents is 1. The molecule has 0 atom stereocenters. The smallest absolute Gasteiger partial charge is 0.122 e. The number of hydrogen-bond acceptors (Lipinski definition) is 3. The summed E-state index contributed by atoms with van der Waals surface area (Å²) in [4.78, 5) is 4.24. The van der Waals surface area contributed by atoms with Crippen molar-refractivity contribution in [1.29, 1.82) is 5.41 Å². The van der Waals surface area contributed by atoms with E-state index in [1.807, 2.05) is 24.3 Å². The van der Waals surface area contributed by atoms with Crippen LogP contribution >= 0.6 is 0 Å². The molecular formula is C21H28N2O. The number of aromatic hydroxyl groups is 1. The molecular weight excluding hydrogens is 296 g/mol. The molecule has 0 spiro atoms. The van der Waals surface area contributed by atoms with Crippen LogP contribution in [0.5, 0.6) is 5.75 Å². The lowest BCUT2D eigenvalue weighted by molar-refractivity contribution is 0.439. The Hall–Kier alpha value is -2.16. The summed E-state index contributed by atoms with van der Waals surface area (Å²) < 4.78 is 0. The highest BCUT2D eigenvalue weighted by molar-refractivity contribution is 5.98. The highest BCUT2D eigenvalue weighted by atomic mass is 16.3. The average molecular weight is 324 g/mol. The molecule has 0 aliphatic heterocycles. The summed E-state index contributed by atoms with van der Waals surface area (Å²) in [6.45, 7) is 12.8. The Bertz CT molecular complexity index is 735. The van der Waals surface area contributed by atoms with E-state index in [9.17, 15) is 5.11 Å². The summed E-state index contributed by atoms with van der Waals surface area (Å²) in [6, 6.07) is 9.68. The Labute approximate surface area is 145 Å². The van der Waals surface area contributed by atoms with Gasteiger partial charge in [-0.1, -0.05) is 59.7 Å². The van der Waals surface area contributed by atoms with Gasteiger partial charge in [-0.05, 0) is 34.1 Å². The topological polar surface area (TPSA) is 57.0 Å². The van der Waals surface area contributed by atoms with Gasteiger partial charge in [-0.2, -0.15) is 0 Å². The Morgan fingerprint density at radius 1 is 1.04 bits per heavy atom. The number of nitrogens with zero attached hydrogens (tertiary/aromatic N) is 1. The van der Waals surface area contributed by atoms with Gasteiger partial charge in [0, 0.05) is 18.2 Å². The molecule has 128 valence electrons. The van der Waals surface area contributed by atoms with Crippen LogP contribution in [0.3, 0.4) is 0 Å². The molecule has 24 heavy (non-hydrogen) atoms. The summed E-state index contributed by atoms with van der Waals surface area (Å²) >= 11 is 0. The van der Waals surface area contributed by atoms with E-state index in [4.69, 9.17) is 5.41 Å². The minimum atomic E-state index is -0.159. The summed E-state index contributed by atoms with van der Waals surface area (Å²) in [7, 11) is 0. The second-order valence-corrected chi connectivity index (χ2v) is 8.40. The van der Waals surface area contributed by atoms with Crippen LogP contribution in [0.15, 0.2) is 36.5 Å². The van der Waals surface area contributed by atoms with Gasteiger partial charge in [-0.3, -0.25) is 4.98 Å². The van der Waals surface area contributed by atoms with Crippen molar-refractivity contribution >= 4 is 5.71 Å². The van der Waals surface area contributed by atoms with Crippen LogP contribution < -0.4 is 0 Å². The summed E-state index contributed by atoms with van der Waals surface area (Å²) in [6.07, 6.45) is 2.06. The molecule has 0 amide bonds. The Morgan fingerprint density at radius 3 is 2.21 bits per heavy atom. The molecule has 3 nitrogen and oxygen atoms in total. The lowest BCUT2D eigenvalue weighted by atomic mass is 9.78. The minimum absolute atomic E-state index is 0.0182. The molecule has 1 heterocycles. The number of phenols is 1. The first-order valence-electron chi connectivity index (χ1n) is 8.36. The van der Waals surface area contributed by atoms with Gasteiger partial charge in [0.25, 0.3) is 0 Å². The number of nitrogens with one attached hydrogen (secondary N) is 1. The summed E-state index contributed by atoms with van der Waals surface area (Å²) in [5.41, 5.74) is 3.78. The van der Waals surface area contributed by atoms with E-state index in [-0.39, 0.29) is 10.8 Å². The van der Waals surface area contributed by atoms with Gasteiger partial charge in [-0.15, -0.1) is 0 Å². The fourth-order valence-corrected chi connectivity index (χ4v) is 2.66. The maximum absolute atomic E-state index is 10.8. The SMILES string of the molecule is CC(C)(C)c1cc(CC(=N)c2ccccn2)c(O)c(C(C)(C)C)c1. The number of hydrogen-bond donors (Lipinski definition) is 2. The van der Waals surface area contributed by atoms with Gasteiger partial charge in [0.1, 0.15) is 5.75 Å². The number of benzene rings is 1. The quantitative estimate of drug-likeness (QED) is 0.781. The fourth-order valence-electron chi connectivity index (χ4n) is 2.66. The van der Waals surface area contributed by atoms with Crippen molar-refractivity contribution in [1.82, 2.24) is 4.98 Å². The maximum Gasteiger partial charge on any atom is 0.122 e. The molecule has 2 rings (SSSR count). The van der Waals surface area contributed by atoms with Crippen LogP contribution in [0, 0.1) is 5.41 Å². The molecule has 2 aromatic rings. The minimum Gasteiger partial charge on any atom is -0.507 e. The molecule has 3 heteroatoms. The largest absolute Gasteiger partial charge is 0.507 e. The van der Waals surface area contributed by atoms with Crippen LogP contribution in [-0.2, 0) is 17.3 Å². The lowest BCUT2D eigenvalue weighted by Gasteiger charge is -2.27. The third kappa shape index (κ3) is 4.02. The number of aromatic nitrogens is 1. The predicted molar refractivity (Wildman–Crippen MR) is 100 cm³/mol. The van der Waals surface area contributed by atoms with Gasteiger partial charge in [0.2, 0.25) is 0 Å². The van der Waals surface area contributed by atoms with E-state index in [2.05, 4.69) is 52.6 Å². The van der Waals surface area contributed by atoms with Crippen molar-refractivity contribution < 1.29 is 5.11 Å². The molecule has 0 aliphatic carbocycles. The highest BCUT2D eigenvalue weighted by Crippen LogP contribution is 2.38. The fraction of sp³-hybridized carbons (Fsp3) is 0.429. The van der Waals surface area contributed by atoms with Crippen LogP contribution in [0.4, 0.5) is 0 Å². The molecule has 0 saturated carbocycles. The van der Waals surface area contributed by atoms with Crippen molar-refractivity contribution in [2.45, 2.75) is 58.8 Å². The molecule has 0 aliphatic rings. The van der Waals surface area contributed by atoms with Gasteiger partial charge in [-0.25, -0.2) is 0 Å². The first-order valence-corrected chi connectivity index (χ1v) is 8.36. The Balaban J connectivity index is 2.51. The van der Waals surface area contributed by atoms with Crippen molar-refractivity contribution in [3.05, 3.63) is 58.9 Å². The van der Waals surface area contributed by atoms with Crippen LogP contribution in [0.2, 0.25) is 0 Å². The van der Waals surface area contributed by atoms with E-state index in [1.54, 1.807) is 6.20 Å². The number of rotatable bonds is 3. The first-order chi connectivity index (χ1) is 11.0. The van der Waals surface area contributed by atoms with Crippen LogP contribution in [0.25, 0.3) is 0 Å². The predicted octanol–water partition coefficient (Wildman–Crippen LogP) is 4.99. The molecule has 0 bridgehead atoms. The van der Waals surface area contributed by atoms with E-state index < -0.39 is 0 Å². The third-order valence-corrected chi connectivity index (χ3v) is 4.20. The van der Waals surface area contributed by atoms with E-state index in [1.165, 1.54) is 5.56 Å². The van der Waals surface area contributed by atoms with Crippen molar-refractivity contribution in [2.75, 3.05) is 0 Å². The van der Waals surface area contributed by atoms with E-state index in [0.29, 0.717) is 23.6 Å². The summed E-state index contributed by atoms with van der Waals surface area (Å²) in [5, 5.41) is 19.1. The van der Waals surface area contributed by atoms with E-state index in [0.717, 1.165) is 11.1 Å². The molecule has 0 unspecified atom stereocenters. The van der Waals surface area contributed by atoms with Gasteiger partial charge < -0.3 is 10.5 Å². The number of pyridine rings is 1. The van der Waals surface area contributed by atoms with Gasteiger partial charge in [0.15, 0.2) is 0 Å². The monoisotopic (exact) mass is 324 g/mol. The van der Waals surface area contributed by atoms with Crippen molar-refractivity contribution in [3.63, 3.8) is 0 Å². The van der Waals surface area contributed by atoms with Crippen LogP contribution in [-0.4, -0.2) is 15.8 Å². The standard InChI is InChI=1S/C21H28N2O/c1-20(2,3)15-11-14(19(24)16(13-15)21(4,5)6)12-17(22)18-9-7-8-10-23-18/h7-11,13,22,24H,12H2,1-6H3. The molecule has 0 fully saturated rings.